The summed E-state index contributed by atoms with van der Waals surface area (Å²) in [6, 6.07) is 15.0. The number of thiophene rings is 1. The molecule has 30 heavy (non-hydrogen) atoms. The Labute approximate surface area is 176 Å². The molecule has 1 N–H and O–H groups in total. The molecule has 0 bridgehead atoms. The quantitative estimate of drug-likeness (QED) is 0.507. The summed E-state index contributed by atoms with van der Waals surface area (Å²) in [5, 5.41) is 5.48. The number of nitrogens with one attached hydrogen (secondary N) is 1. The maximum absolute atomic E-state index is 13.3. The standard InChI is InChI=1S/C23H20FN3O2S/c1-15-4-2-5-18-21(15)25-14-27(23(18)29)12-11-20(28)26-22(19-6-3-13-30-19)16-7-9-17(24)10-8-16/h2-10,13-14,22H,11-12H2,1H3,(H,26,28). The van der Waals surface area contributed by atoms with Crippen LogP contribution in [0.15, 0.2) is 71.1 Å². The minimum atomic E-state index is -0.368. The van der Waals surface area contributed by atoms with Crippen LogP contribution in [0.5, 0.6) is 0 Å². The van der Waals surface area contributed by atoms with Crippen LogP contribution in [-0.4, -0.2) is 15.5 Å². The molecule has 0 saturated carbocycles. The lowest BCUT2D eigenvalue weighted by Gasteiger charge is -2.18. The van der Waals surface area contributed by atoms with E-state index in [1.165, 1.54) is 34.4 Å². The number of para-hydroxylation sites is 1. The van der Waals surface area contributed by atoms with Gasteiger partial charge in [-0.2, -0.15) is 0 Å². The van der Waals surface area contributed by atoms with Crippen molar-refractivity contribution in [3.63, 3.8) is 0 Å². The first-order chi connectivity index (χ1) is 14.5. The van der Waals surface area contributed by atoms with Crippen molar-refractivity contribution in [3.05, 3.63) is 98.5 Å². The lowest BCUT2D eigenvalue weighted by Crippen LogP contribution is -2.31. The molecule has 7 heteroatoms. The molecule has 0 saturated heterocycles. The molecular weight excluding hydrogens is 401 g/mol. The van der Waals surface area contributed by atoms with E-state index in [9.17, 15) is 14.0 Å². The fourth-order valence-corrected chi connectivity index (χ4v) is 4.18. The van der Waals surface area contributed by atoms with Gasteiger partial charge in [-0.05, 0) is 47.7 Å². The third kappa shape index (κ3) is 4.16. The van der Waals surface area contributed by atoms with Crippen LogP contribution in [0.25, 0.3) is 10.9 Å². The van der Waals surface area contributed by atoms with Crippen LogP contribution in [-0.2, 0) is 11.3 Å². The van der Waals surface area contributed by atoms with Crippen molar-refractivity contribution in [1.29, 1.82) is 0 Å². The number of nitrogens with zero attached hydrogens (tertiary/aromatic N) is 2. The number of fused-ring (bicyclic) bond motifs is 1. The van der Waals surface area contributed by atoms with Crippen LogP contribution in [0.2, 0.25) is 0 Å². The summed E-state index contributed by atoms with van der Waals surface area (Å²) < 4.78 is 14.8. The Bertz CT molecular complexity index is 1230. The van der Waals surface area contributed by atoms with Gasteiger partial charge in [0.15, 0.2) is 0 Å². The highest BCUT2D eigenvalue weighted by Crippen LogP contribution is 2.26. The fourth-order valence-electron chi connectivity index (χ4n) is 3.38. The first kappa shape index (κ1) is 20.0. The molecule has 0 aliphatic heterocycles. The molecule has 2 aromatic heterocycles. The van der Waals surface area contributed by atoms with Crippen LogP contribution < -0.4 is 10.9 Å². The smallest absolute Gasteiger partial charge is 0.261 e. The summed E-state index contributed by atoms with van der Waals surface area (Å²) in [7, 11) is 0. The van der Waals surface area contributed by atoms with Crippen molar-refractivity contribution in [2.45, 2.75) is 25.9 Å². The lowest BCUT2D eigenvalue weighted by molar-refractivity contribution is -0.121. The molecule has 5 nitrogen and oxygen atoms in total. The van der Waals surface area contributed by atoms with Gasteiger partial charge in [-0.15, -0.1) is 11.3 Å². The summed E-state index contributed by atoms with van der Waals surface area (Å²) in [6.45, 7) is 2.13. The second-order valence-electron chi connectivity index (χ2n) is 7.03. The van der Waals surface area contributed by atoms with E-state index in [0.717, 1.165) is 16.0 Å². The first-order valence-electron chi connectivity index (χ1n) is 9.56. The zero-order valence-corrected chi connectivity index (χ0v) is 17.2. The number of hydrogen-bond donors (Lipinski definition) is 1. The minimum Gasteiger partial charge on any atom is -0.344 e. The van der Waals surface area contributed by atoms with E-state index in [1.807, 2.05) is 36.6 Å². The highest BCUT2D eigenvalue weighted by molar-refractivity contribution is 7.10. The summed E-state index contributed by atoms with van der Waals surface area (Å²) in [5.41, 5.74) is 2.25. The number of benzene rings is 2. The van der Waals surface area contributed by atoms with Crippen molar-refractivity contribution in [2.24, 2.45) is 0 Å². The van der Waals surface area contributed by atoms with Gasteiger partial charge in [-0.1, -0.05) is 30.3 Å². The first-order valence-corrected chi connectivity index (χ1v) is 10.4. The Morgan fingerprint density at radius 1 is 1.17 bits per heavy atom. The van der Waals surface area contributed by atoms with Crippen LogP contribution in [0.4, 0.5) is 4.39 Å². The molecule has 0 spiro atoms. The predicted molar refractivity (Wildman–Crippen MR) is 116 cm³/mol. The van der Waals surface area contributed by atoms with Gasteiger partial charge >= 0.3 is 0 Å². The van der Waals surface area contributed by atoms with Crippen molar-refractivity contribution in [2.75, 3.05) is 0 Å². The Kier molecular flexibility index (Phi) is 5.72. The zero-order chi connectivity index (χ0) is 21.1. The van der Waals surface area contributed by atoms with Gasteiger partial charge in [-0.3, -0.25) is 14.2 Å². The molecule has 152 valence electrons. The third-order valence-electron chi connectivity index (χ3n) is 4.97. The van der Waals surface area contributed by atoms with Crippen LogP contribution in [0.3, 0.4) is 0 Å². The molecule has 1 unspecified atom stereocenters. The van der Waals surface area contributed by atoms with E-state index in [0.29, 0.717) is 10.9 Å². The number of carbonyl (C=O) groups excluding carboxylic acids is 1. The summed E-state index contributed by atoms with van der Waals surface area (Å²) in [4.78, 5) is 30.7. The monoisotopic (exact) mass is 421 g/mol. The molecule has 2 heterocycles. The Hall–Kier alpha value is -3.32. The van der Waals surface area contributed by atoms with Gasteiger partial charge < -0.3 is 5.32 Å². The lowest BCUT2D eigenvalue weighted by atomic mass is 10.1. The van der Waals surface area contributed by atoms with Gasteiger partial charge in [0.05, 0.1) is 23.3 Å². The number of halogens is 1. The Balaban J connectivity index is 1.51. The van der Waals surface area contributed by atoms with Gasteiger partial charge in [0, 0.05) is 17.8 Å². The number of carbonyl (C=O) groups is 1. The van der Waals surface area contributed by atoms with E-state index in [-0.39, 0.29) is 36.3 Å². The normalized spacial score (nSPS) is 12.1. The second-order valence-corrected chi connectivity index (χ2v) is 8.01. The molecular formula is C23H20FN3O2S. The zero-order valence-electron chi connectivity index (χ0n) is 16.3. The molecule has 4 aromatic rings. The SMILES string of the molecule is Cc1cccc2c(=O)n(CCC(=O)NC(c3ccc(F)cc3)c3cccs3)cnc12. The topological polar surface area (TPSA) is 64.0 Å². The molecule has 2 aromatic carbocycles. The van der Waals surface area contributed by atoms with Crippen LogP contribution in [0.1, 0.15) is 28.5 Å². The van der Waals surface area contributed by atoms with Gasteiger partial charge in [0.1, 0.15) is 5.82 Å². The molecule has 1 atom stereocenters. The average Bonchev–Trinajstić information content (AvgIpc) is 3.27. The highest BCUT2D eigenvalue weighted by Gasteiger charge is 2.18. The fraction of sp³-hybridized carbons (Fsp3) is 0.174. The molecule has 0 aliphatic carbocycles. The van der Waals surface area contributed by atoms with Gasteiger partial charge in [-0.25, -0.2) is 9.37 Å². The Morgan fingerprint density at radius 3 is 2.70 bits per heavy atom. The van der Waals surface area contributed by atoms with E-state index in [1.54, 1.807) is 18.2 Å². The third-order valence-corrected chi connectivity index (χ3v) is 5.91. The van der Waals surface area contributed by atoms with Crippen molar-refractivity contribution < 1.29 is 9.18 Å². The average molecular weight is 421 g/mol. The molecule has 0 fully saturated rings. The molecule has 4 rings (SSSR count). The van der Waals surface area contributed by atoms with Gasteiger partial charge in [0.2, 0.25) is 5.91 Å². The second kappa shape index (κ2) is 8.59. The summed E-state index contributed by atoms with van der Waals surface area (Å²) >= 11 is 1.52. The number of hydrogen-bond acceptors (Lipinski definition) is 4. The van der Waals surface area contributed by atoms with Gasteiger partial charge in [0.25, 0.3) is 5.56 Å². The van der Waals surface area contributed by atoms with Crippen molar-refractivity contribution in [1.82, 2.24) is 14.9 Å². The van der Waals surface area contributed by atoms with Crippen molar-refractivity contribution >= 4 is 28.1 Å². The number of rotatable bonds is 6. The molecule has 0 aliphatic rings. The largest absolute Gasteiger partial charge is 0.344 e. The van der Waals surface area contributed by atoms with E-state index in [4.69, 9.17) is 0 Å². The van der Waals surface area contributed by atoms with E-state index in [2.05, 4.69) is 10.3 Å². The number of aryl methyl sites for hydroxylation is 2. The van der Waals surface area contributed by atoms with Crippen molar-refractivity contribution in [3.8, 4) is 0 Å². The van der Waals surface area contributed by atoms with Crippen LogP contribution in [0, 0.1) is 12.7 Å². The maximum atomic E-state index is 13.3. The number of amides is 1. The predicted octanol–water partition coefficient (Wildman–Crippen LogP) is 4.20. The Morgan fingerprint density at radius 2 is 1.97 bits per heavy atom. The summed E-state index contributed by atoms with van der Waals surface area (Å²) in [5.74, 6) is -0.526. The maximum Gasteiger partial charge on any atom is 0.261 e. The van der Waals surface area contributed by atoms with Crippen LogP contribution >= 0.6 is 11.3 Å². The highest BCUT2D eigenvalue weighted by atomic mass is 32.1. The molecule has 1 amide bonds. The molecule has 0 radical (unpaired) electrons. The number of aromatic nitrogens is 2. The minimum absolute atomic E-state index is 0.127. The van der Waals surface area contributed by atoms with E-state index < -0.39 is 0 Å². The van der Waals surface area contributed by atoms with E-state index >= 15 is 0 Å². The summed E-state index contributed by atoms with van der Waals surface area (Å²) in [6.07, 6.45) is 1.61.